The van der Waals surface area contributed by atoms with E-state index in [2.05, 4.69) is 31.2 Å². The molecule has 0 bridgehead atoms. The predicted octanol–water partition coefficient (Wildman–Crippen LogP) is 3.49. The summed E-state index contributed by atoms with van der Waals surface area (Å²) < 4.78 is 0. The number of unbranched alkanes of at least 4 members (excludes halogenated alkanes) is 1. The first kappa shape index (κ1) is 18.2. The SMILES string of the molecule is CCC(CC)(CC)NCCCCC(C)(C)C(N)=NO. The van der Waals surface area contributed by atoms with Crippen LogP contribution in [0.15, 0.2) is 5.16 Å². The zero-order chi connectivity index (χ0) is 14.9. The summed E-state index contributed by atoms with van der Waals surface area (Å²) in [4.78, 5) is 0. The van der Waals surface area contributed by atoms with Crippen molar-refractivity contribution in [2.24, 2.45) is 16.3 Å². The Morgan fingerprint density at radius 3 is 2.05 bits per heavy atom. The third-order valence-electron chi connectivity index (χ3n) is 4.56. The summed E-state index contributed by atoms with van der Waals surface area (Å²) in [5.74, 6) is 0.325. The summed E-state index contributed by atoms with van der Waals surface area (Å²) in [5, 5.41) is 15.5. The van der Waals surface area contributed by atoms with Gasteiger partial charge in [-0.15, -0.1) is 0 Å². The summed E-state index contributed by atoms with van der Waals surface area (Å²) in [6, 6.07) is 0. The lowest BCUT2D eigenvalue weighted by molar-refractivity contribution is 0.284. The van der Waals surface area contributed by atoms with Crippen molar-refractivity contribution >= 4 is 5.84 Å². The molecular weight excluding hydrogens is 238 g/mol. The van der Waals surface area contributed by atoms with Crippen LogP contribution >= 0.6 is 0 Å². The average molecular weight is 271 g/mol. The van der Waals surface area contributed by atoms with Crippen LogP contribution in [0.25, 0.3) is 0 Å². The first-order chi connectivity index (χ1) is 8.87. The van der Waals surface area contributed by atoms with Gasteiger partial charge < -0.3 is 16.3 Å². The Bertz CT molecular complexity index is 262. The Morgan fingerprint density at radius 1 is 1.11 bits per heavy atom. The topological polar surface area (TPSA) is 70.6 Å². The highest BCUT2D eigenvalue weighted by molar-refractivity contribution is 5.85. The van der Waals surface area contributed by atoms with Gasteiger partial charge in [0.25, 0.3) is 0 Å². The van der Waals surface area contributed by atoms with Crippen LogP contribution in [0, 0.1) is 5.41 Å². The molecule has 0 aliphatic carbocycles. The van der Waals surface area contributed by atoms with Crippen molar-refractivity contribution in [1.82, 2.24) is 5.32 Å². The molecule has 0 radical (unpaired) electrons. The van der Waals surface area contributed by atoms with Gasteiger partial charge in [-0.1, -0.05) is 46.2 Å². The van der Waals surface area contributed by atoms with Crippen molar-refractivity contribution in [3.05, 3.63) is 0 Å². The maximum absolute atomic E-state index is 8.73. The summed E-state index contributed by atoms with van der Waals surface area (Å²) >= 11 is 0. The molecule has 114 valence electrons. The van der Waals surface area contributed by atoms with Crippen LogP contribution in [0.2, 0.25) is 0 Å². The van der Waals surface area contributed by atoms with Gasteiger partial charge in [0.05, 0.1) is 0 Å². The number of amidine groups is 1. The van der Waals surface area contributed by atoms with Crippen molar-refractivity contribution in [3.63, 3.8) is 0 Å². The van der Waals surface area contributed by atoms with E-state index in [0.29, 0.717) is 11.4 Å². The summed E-state index contributed by atoms with van der Waals surface area (Å²) in [7, 11) is 0. The lowest BCUT2D eigenvalue weighted by Gasteiger charge is -2.32. The normalized spacial score (nSPS) is 13.8. The molecule has 0 saturated heterocycles. The van der Waals surface area contributed by atoms with Gasteiger partial charge in [-0.25, -0.2) is 0 Å². The molecule has 0 amide bonds. The van der Waals surface area contributed by atoms with E-state index in [4.69, 9.17) is 10.9 Å². The van der Waals surface area contributed by atoms with E-state index in [9.17, 15) is 0 Å². The molecule has 0 fully saturated rings. The molecule has 0 saturated carbocycles. The summed E-state index contributed by atoms with van der Waals surface area (Å²) in [5.41, 5.74) is 5.77. The summed E-state index contributed by atoms with van der Waals surface area (Å²) in [6.07, 6.45) is 6.69. The number of nitrogens with one attached hydrogen (secondary N) is 1. The molecule has 19 heavy (non-hydrogen) atoms. The smallest absolute Gasteiger partial charge is 0.144 e. The highest BCUT2D eigenvalue weighted by Crippen LogP contribution is 2.24. The minimum Gasteiger partial charge on any atom is -0.409 e. The van der Waals surface area contributed by atoms with Gasteiger partial charge in [0, 0.05) is 11.0 Å². The average Bonchev–Trinajstić information content (AvgIpc) is 2.42. The Labute approximate surface area is 118 Å². The molecule has 0 spiro atoms. The van der Waals surface area contributed by atoms with Crippen molar-refractivity contribution in [2.45, 2.75) is 78.7 Å². The number of hydrogen-bond acceptors (Lipinski definition) is 3. The molecule has 0 aromatic heterocycles. The zero-order valence-corrected chi connectivity index (χ0v) is 13.4. The molecule has 4 nitrogen and oxygen atoms in total. The van der Waals surface area contributed by atoms with Crippen molar-refractivity contribution in [3.8, 4) is 0 Å². The Balaban J connectivity index is 4.00. The second-order valence-electron chi connectivity index (χ2n) is 6.09. The van der Waals surface area contributed by atoms with Crippen molar-refractivity contribution in [1.29, 1.82) is 0 Å². The Hall–Kier alpha value is -0.770. The van der Waals surface area contributed by atoms with E-state index in [1.807, 2.05) is 13.8 Å². The molecule has 0 aromatic rings. The number of hydrogen-bond donors (Lipinski definition) is 3. The maximum atomic E-state index is 8.73. The molecule has 4 N–H and O–H groups in total. The van der Waals surface area contributed by atoms with E-state index < -0.39 is 0 Å². The lowest BCUT2D eigenvalue weighted by Crippen LogP contribution is -2.44. The predicted molar refractivity (Wildman–Crippen MR) is 82.6 cm³/mol. The van der Waals surface area contributed by atoms with Gasteiger partial charge in [-0.3, -0.25) is 0 Å². The third-order valence-corrected chi connectivity index (χ3v) is 4.56. The standard InChI is InChI=1S/C15H33N3O/c1-6-15(7-2,8-3)17-12-10-9-11-14(4,5)13(16)18-19/h17,19H,6-12H2,1-5H3,(H2,16,18). The highest BCUT2D eigenvalue weighted by Gasteiger charge is 2.24. The van der Waals surface area contributed by atoms with E-state index in [0.717, 1.165) is 25.8 Å². The molecule has 0 aliphatic rings. The second-order valence-corrected chi connectivity index (χ2v) is 6.09. The van der Waals surface area contributed by atoms with Crippen molar-refractivity contribution in [2.75, 3.05) is 6.54 Å². The van der Waals surface area contributed by atoms with E-state index in [1.54, 1.807) is 0 Å². The molecule has 4 heteroatoms. The highest BCUT2D eigenvalue weighted by atomic mass is 16.4. The fourth-order valence-corrected chi connectivity index (χ4v) is 2.43. The second kappa shape index (κ2) is 8.41. The quantitative estimate of drug-likeness (QED) is 0.187. The minimum absolute atomic E-state index is 0.216. The molecular formula is C15H33N3O. The molecule has 0 atom stereocenters. The zero-order valence-electron chi connectivity index (χ0n) is 13.4. The minimum atomic E-state index is -0.216. The Morgan fingerprint density at radius 2 is 1.63 bits per heavy atom. The molecule has 0 heterocycles. The third kappa shape index (κ3) is 5.81. The van der Waals surface area contributed by atoms with Crippen LogP contribution in [0.1, 0.15) is 73.1 Å². The van der Waals surface area contributed by atoms with Crippen molar-refractivity contribution < 1.29 is 5.21 Å². The monoisotopic (exact) mass is 271 g/mol. The number of oxime groups is 1. The fraction of sp³-hybridized carbons (Fsp3) is 0.933. The first-order valence-electron chi connectivity index (χ1n) is 7.60. The van der Waals surface area contributed by atoms with Crippen LogP contribution in [0.3, 0.4) is 0 Å². The summed E-state index contributed by atoms with van der Waals surface area (Å²) in [6.45, 7) is 11.8. The number of nitrogens with two attached hydrogens (primary N) is 1. The first-order valence-corrected chi connectivity index (χ1v) is 7.60. The molecule has 0 aromatic carbocycles. The van der Waals surface area contributed by atoms with E-state index in [1.165, 1.54) is 19.3 Å². The van der Waals surface area contributed by atoms with Crippen LogP contribution < -0.4 is 11.1 Å². The van der Waals surface area contributed by atoms with Gasteiger partial charge in [-0.2, -0.15) is 0 Å². The largest absolute Gasteiger partial charge is 0.409 e. The van der Waals surface area contributed by atoms with E-state index in [-0.39, 0.29) is 5.41 Å². The number of rotatable bonds is 10. The maximum Gasteiger partial charge on any atom is 0.144 e. The number of nitrogens with zero attached hydrogens (tertiary/aromatic N) is 1. The van der Waals surface area contributed by atoms with Crippen LogP contribution in [-0.4, -0.2) is 23.1 Å². The van der Waals surface area contributed by atoms with Gasteiger partial charge in [-0.05, 0) is 38.6 Å². The molecule has 0 rings (SSSR count). The lowest BCUT2D eigenvalue weighted by atomic mass is 9.85. The van der Waals surface area contributed by atoms with Crippen LogP contribution in [-0.2, 0) is 0 Å². The fourth-order valence-electron chi connectivity index (χ4n) is 2.43. The van der Waals surface area contributed by atoms with Gasteiger partial charge in [0.1, 0.15) is 5.84 Å². The van der Waals surface area contributed by atoms with Crippen LogP contribution in [0.5, 0.6) is 0 Å². The Kier molecular flexibility index (Phi) is 8.07. The van der Waals surface area contributed by atoms with Gasteiger partial charge >= 0.3 is 0 Å². The molecule has 0 unspecified atom stereocenters. The van der Waals surface area contributed by atoms with Gasteiger partial charge in [0.2, 0.25) is 0 Å². The molecule has 0 aliphatic heterocycles. The van der Waals surface area contributed by atoms with Gasteiger partial charge in [0.15, 0.2) is 0 Å². The van der Waals surface area contributed by atoms with Crippen LogP contribution in [0.4, 0.5) is 0 Å². The van der Waals surface area contributed by atoms with E-state index >= 15 is 0 Å².